The Balaban J connectivity index is 1.56. The van der Waals surface area contributed by atoms with Gasteiger partial charge in [0.1, 0.15) is 5.82 Å². The molecule has 136 valence electrons. The molecule has 2 amide bonds. The Morgan fingerprint density at radius 2 is 1.50 bits per heavy atom. The van der Waals surface area contributed by atoms with Crippen molar-refractivity contribution < 1.29 is 14.0 Å². The summed E-state index contributed by atoms with van der Waals surface area (Å²) in [6.45, 7) is 1.84. The lowest BCUT2D eigenvalue weighted by atomic mass is 10.1. The van der Waals surface area contributed by atoms with Crippen LogP contribution in [0.5, 0.6) is 0 Å². The van der Waals surface area contributed by atoms with Gasteiger partial charge in [0.25, 0.3) is 5.91 Å². The summed E-state index contributed by atoms with van der Waals surface area (Å²) in [6, 6.07) is 10.7. The van der Waals surface area contributed by atoms with Crippen molar-refractivity contribution in [1.82, 2.24) is 9.80 Å². The third kappa shape index (κ3) is 4.34. The summed E-state index contributed by atoms with van der Waals surface area (Å²) in [5.41, 5.74) is 1.25. The minimum Gasteiger partial charge on any atom is -0.339 e. The minimum atomic E-state index is -0.323. The highest BCUT2D eigenvalue weighted by Crippen LogP contribution is 2.23. The molecule has 0 aliphatic carbocycles. The summed E-state index contributed by atoms with van der Waals surface area (Å²) in [6.07, 6.45) is 0.223. The third-order valence-electron chi connectivity index (χ3n) is 4.35. The van der Waals surface area contributed by atoms with Crippen LogP contribution < -0.4 is 0 Å². The number of halogens is 3. The second-order valence-corrected chi connectivity index (χ2v) is 6.92. The number of hydrogen-bond donors (Lipinski definition) is 0. The van der Waals surface area contributed by atoms with Crippen molar-refractivity contribution in [3.05, 3.63) is 69.5 Å². The van der Waals surface area contributed by atoms with Crippen molar-refractivity contribution in [2.45, 2.75) is 6.42 Å². The van der Waals surface area contributed by atoms with Crippen molar-refractivity contribution in [3.8, 4) is 0 Å². The smallest absolute Gasteiger partial charge is 0.254 e. The Labute approximate surface area is 161 Å². The lowest BCUT2D eigenvalue weighted by Gasteiger charge is -2.35. The van der Waals surface area contributed by atoms with Gasteiger partial charge in [-0.15, -0.1) is 0 Å². The molecule has 1 saturated heterocycles. The van der Waals surface area contributed by atoms with E-state index in [1.165, 1.54) is 12.1 Å². The zero-order chi connectivity index (χ0) is 18.7. The van der Waals surface area contributed by atoms with E-state index in [0.29, 0.717) is 41.8 Å². The summed E-state index contributed by atoms with van der Waals surface area (Å²) in [5, 5.41) is 0.741. The second kappa shape index (κ2) is 8.06. The van der Waals surface area contributed by atoms with Crippen LogP contribution in [-0.2, 0) is 11.2 Å². The number of nitrogens with zero attached hydrogens (tertiary/aromatic N) is 2. The maximum Gasteiger partial charge on any atom is 0.254 e. The fraction of sp³-hybridized carbons (Fsp3) is 0.263. The molecule has 26 heavy (non-hydrogen) atoms. The average Bonchev–Trinajstić information content (AvgIpc) is 2.65. The molecule has 0 unspecified atom stereocenters. The van der Waals surface area contributed by atoms with Crippen LogP contribution in [0.1, 0.15) is 15.9 Å². The van der Waals surface area contributed by atoms with Crippen LogP contribution in [0.4, 0.5) is 4.39 Å². The van der Waals surface area contributed by atoms with Gasteiger partial charge in [-0.2, -0.15) is 0 Å². The summed E-state index contributed by atoms with van der Waals surface area (Å²) < 4.78 is 12.9. The number of carbonyl (C=O) groups excluding carboxylic acids is 2. The van der Waals surface area contributed by atoms with E-state index in [1.54, 1.807) is 40.1 Å². The second-order valence-electron chi connectivity index (χ2n) is 6.11. The van der Waals surface area contributed by atoms with Gasteiger partial charge in [0.05, 0.1) is 16.5 Å². The summed E-state index contributed by atoms with van der Waals surface area (Å²) in [4.78, 5) is 28.3. The van der Waals surface area contributed by atoms with Crippen LogP contribution in [-0.4, -0.2) is 47.8 Å². The van der Waals surface area contributed by atoms with Crippen molar-refractivity contribution in [1.29, 1.82) is 0 Å². The highest BCUT2D eigenvalue weighted by atomic mass is 35.5. The van der Waals surface area contributed by atoms with Crippen LogP contribution in [0.25, 0.3) is 0 Å². The number of carbonyl (C=O) groups is 2. The predicted molar refractivity (Wildman–Crippen MR) is 99.0 cm³/mol. The molecule has 0 aromatic heterocycles. The molecule has 0 spiro atoms. The van der Waals surface area contributed by atoms with Gasteiger partial charge in [0.2, 0.25) is 5.91 Å². The van der Waals surface area contributed by atoms with Crippen LogP contribution >= 0.6 is 23.2 Å². The van der Waals surface area contributed by atoms with E-state index < -0.39 is 0 Å². The minimum absolute atomic E-state index is 0.0294. The molecule has 2 aromatic carbocycles. The summed E-state index contributed by atoms with van der Waals surface area (Å²) in [5.74, 6) is -0.483. The zero-order valence-corrected chi connectivity index (χ0v) is 15.4. The predicted octanol–water partition coefficient (Wildman–Crippen LogP) is 3.66. The monoisotopic (exact) mass is 394 g/mol. The van der Waals surface area contributed by atoms with Gasteiger partial charge >= 0.3 is 0 Å². The Bertz CT molecular complexity index is 819. The molecular weight excluding hydrogens is 378 g/mol. The number of piperazine rings is 1. The molecule has 4 nitrogen and oxygen atoms in total. The lowest BCUT2D eigenvalue weighted by molar-refractivity contribution is -0.131. The Morgan fingerprint density at radius 3 is 2.12 bits per heavy atom. The largest absolute Gasteiger partial charge is 0.339 e. The first-order valence-electron chi connectivity index (χ1n) is 8.20. The molecule has 0 atom stereocenters. The van der Waals surface area contributed by atoms with Crippen molar-refractivity contribution >= 4 is 35.0 Å². The quantitative estimate of drug-likeness (QED) is 0.796. The molecule has 0 radical (unpaired) electrons. The van der Waals surface area contributed by atoms with Crippen LogP contribution in [0.15, 0.2) is 42.5 Å². The molecule has 0 N–H and O–H groups in total. The van der Waals surface area contributed by atoms with Crippen molar-refractivity contribution in [2.75, 3.05) is 26.2 Å². The standard InChI is InChI=1S/C19H17Cl2FN2O2/c20-16-6-3-14(12-17(16)21)19(26)24-9-7-23(8-10-24)18(25)11-13-1-4-15(22)5-2-13/h1-6,12H,7-11H2. The highest BCUT2D eigenvalue weighted by Gasteiger charge is 2.25. The van der Waals surface area contributed by atoms with Crippen LogP contribution in [0.2, 0.25) is 10.0 Å². The van der Waals surface area contributed by atoms with Gasteiger partial charge < -0.3 is 9.80 Å². The van der Waals surface area contributed by atoms with Gasteiger partial charge in [-0.3, -0.25) is 9.59 Å². The molecule has 0 saturated carbocycles. The maximum atomic E-state index is 12.9. The van der Waals surface area contributed by atoms with Gasteiger partial charge in [0.15, 0.2) is 0 Å². The highest BCUT2D eigenvalue weighted by molar-refractivity contribution is 6.42. The normalized spacial score (nSPS) is 14.4. The zero-order valence-electron chi connectivity index (χ0n) is 13.9. The first kappa shape index (κ1) is 18.7. The molecule has 1 heterocycles. The average molecular weight is 395 g/mol. The molecule has 7 heteroatoms. The molecule has 1 aliphatic heterocycles. The third-order valence-corrected chi connectivity index (χ3v) is 5.09. The molecular formula is C19H17Cl2FN2O2. The van der Waals surface area contributed by atoms with E-state index >= 15 is 0 Å². The van der Waals surface area contributed by atoms with Crippen LogP contribution in [0.3, 0.4) is 0 Å². The van der Waals surface area contributed by atoms with E-state index in [-0.39, 0.29) is 24.1 Å². The molecule has 3 rings (SSSR count). The Hall–Kier alpha value is -2.11. The van der Waals surface area contributed by atoms with Gasteiger partial charge in [0, 0.05) is 31.7 Å². The summed E-state index contributed by atoms with van der Waals surface area (Å²) in [7, 11) is 0. The van der Waals surface area contributed by atoms with Gasteiger partial charge in [-0.05, 0) is 35.9 Å². The van der Waals surface area contributed by atoms with Crippen molar-refractivity contribution in [2.24, 2.45) is 0 Å². The fourth-order valence-corrected chi connectivity index (χ4v) is 3.16. The van der Waals surface area contributed by atoms with Gasteiger partial charge in [-0.1, -0.05) is 35.3 Å². The van der Waals surface area contributed by atoms with Crippen LogP contribution in [0, 0.1) is 5.82 Å². The number of rotatable bonds is 3. The first-order chi connectivity index (χ1) is 12.4. The Kier molecular flexibility index (Phi) is 5.79. The van der Waals surface area contributed by atoms with E-state index in [9.17, 15) is 14.0 Å². The number of hydrogen-bond acceptors (Lipinski definition) is 2. The number of amides is 2. The first-order valence-corrected chi connectivity index (χ1v) is 8.96. The van der Waals surface area contributed by atoms with E-state index in [2.05, 4.69) is 0 Å². The maximum absolute atomic E-state index is 12.9. The molecule has 0 bridgehead atoms. The molecule has 2 aromatic rings. The SMILES string of the molecule is O=C(Cc1ccc(F)cc1)N1CCN(C(=O)c2ccc(Cl)c(Cl)c2)CC1. The van der Waals surface area contributed by atoms with E-state index in [4.69, 9.17) is 23.2 Å². The van der Waals surface area contributed by atoms with E-state index in [0.717, 1.165) is 5.56 Å². The topological polar surface area (TPSA) is 40.6 Å². The lowest BCUT2D eigenvalue weighted by Crippen LogP contribution is -2.51. The van der Waals surface area contributed by atoms with Gasteiger partial charge in [-0.25, -0.2) is 4.39 Å². The number of benzene rings is 2. The fourth-order valence-electron chi connectivity index (χ4n) is 2.86. The summed E-state index contributed by atoms with van der Waals surface area (Å²) >= 11 is 11.8. The Morgan fingerprint density at radius 1 is 0.885 bits per heavy atom. The molecule has 1 fully saturated rings. The van der Waals surface area contributed by atoms with Crippen molar-refractivity contribution in [3.63, 3.8) is 0 Å². The molecule has 1 aliphatic rings. The van der Waals surface area contributed by atoms with E-state index in [1.807, 2.05) is 0 Å².